The average molecular weight is 288 g/mol. The predicted octanol–water partition coefficient (Wildman–Crippen LogP) is 0.972. The summed E-state index contributed by atoms with van der Waals surface area (Å²) in [5.41, 5.74) is 2.49. The second kappa shape index (κ2) is 6.02. The maximum Gasteiger partial charge on any atom is 0.254 e. The van der Waals surface area contributed by atoms with Gasteiger partial charge in [0.15, 0.2) is 0 Å². The molecule has 0 spiro atoms. The predicted molar refractivity (Wildman–Crippen MR) is 75.7 cm³/mol. The summed E-state index contributed by atoms with van der Waals surface area (Å²) in [6.45, 7) is 3.77. The molecule has 0 aliphatic carbocycles. The van der Waals surface area contributed by atoms with Gasteiger partial charge >= 0.3 is 0 Å². The molecule has 110 valence electrons. The average Bonchev–Trinajstić information content (AvgIpc) is 3.04. The standard InChI is InChI=1S/C14H16N4O3/c1-9-6-10(14-18-16-8-21-14)2-3-11(9)17-13(19)12-7-15-4-5-20-12/h2-3,6,8,12,15H,4-5,7H2,1H3,(H,17,19). The van der Waals surface area contributed by atoms with E-state index >= 15 is 0 Å². The number of amides is 1. The Hall–Kier alpha value is -2.25. The largest absolute Gasteiger partial charge is 0.423 e. The smallest absolute Gasteiger partial charge is 0.254 e. The van der Waals surface area contributed by atoms with Crippen molar-refractivity contribution in [2.75, 3.05) is 25.0 Å². The van der Waals surface area contributed by atoms with Gasteiger partial charge in [0, 0.05) is 24.3 Å². The maximum absolute atomic E-state index is 12.1. The van der Waals surface area contributed by atoms with E-state index in [0.717, 1.165) is 23.4 Å². The zero-order valence-electron chi connectivity index (χ0n) is 11.6. The van der Waals surface area contributed by atoms with Gasteiger partial charge in [0.05, 0.1) is 6.61 Å². The molecule has 1 saturated heterocycles. The van der Waals surface area contributed by atoms with Crippen LogP contribution in [0.1, 0.15) is 5.56 Å². The molecule has 7 nitrogen and oxygen atoms in total. The van der Waals surface area contributed by atoms with Crippen LogP contribution in [0.25, 0.3) is 11.5 Å². The summed E-state index contributed by atoms with van der Waals surface area (Å²) >= 11 is 0. The van der Waals surface area contributed by atoms with Gasteiger partial charge in [0.1, 0.15) is 6.10 Å². The highest BCUT2D eigenvalue weighted by molar-refractivity contribution is 5.95. The van der Waals surface area contributed by atoms with Crippen molar-refractivity contribution < 1.29 is 13.9 Å². The first kappa shape index (κ1) is 13.7. The minimum absolute atomic E-state index is 0.143. The fourth-order valence-electron chi connectivity index (χ4n) is 2.18. The van der Waals surface area contributed by atoms with E-state index in [4.69, 9.17) is 9.15 Å². The Morgan fingerprint density at radius 1 is 1.48 bits per heavy atom. The third-order valence-electron chi connectivity index (χ3n) is 3.31. The summed E-state index contributed by atoms with van der Waals surface area (Å²) in [4.78, 5) is 12.1. The minimum Gasteiger partial charge on any atom is -0.423 e. The highest BCUT2D eigenvalue weighted by Crippen LogP contribution is 2.23. The van der Waals surface area contributed by atoms with Crippen molar-refractivity contribution in [3.8, 4) is 11.5 Å². The number of hydrogen-bond donors (Lipinski definition) is 2. The fraction of sp³-hybridized carbons (Fsp3) is 0.357. The lowest BCUT2D eigenvalue weighted by Crippen LogP contribution is -2.45. The number of carbonyl (C=O) groups excluding carboxylic acids is 1. The first-order chi connectivity index (χ1) is 10.2. The highest BCUT2D eigenvalue weighted by Gasteiger charge is 2.22. The second-order valence-corrected chi connectivity index (χ2v) is 4.83. The second-order valence-electron chi connectivity index (χ2n) is 4.83. The van der Waals surface area contributed by atoms with Crippen molar-refractivity contribution in [1.82, 2.24) is 15.5 Å². The van der Waals surface area contributed by atoms with E-state index in [9.17, 15) is 4.79 Å². The topological polar surface area (TPSA) is 89.3 Å². The van der Waals surface area contributed by atoms with Crippen molar-refractivity contribution in [3.63, 3.8) is 0 Å². The Kier molecular flexibility index (Phi) is 3.94. The van der Waals surface area contributed by atoms with Crippen LogP contribution in [0.5, 0.6) is 0 Å². The number of aryl methyl sites for hydroxylation is 1. The van der Waals surface area contributed by atoms with Gasteiger partial charge in [0.2, 0.25) is 12.3 Å². The van der Waals surface area contributed by atoms with Crippen LogP contribution >= 0.6 is 0 Å². The van der Waals surface area contributed by atoms with Gasteiger partial charge in [-0.15, -0.1) is 10.2 Å². The molecule has 2 heterocycles. The number of carbonyl (C=O) groups is 1. The van der Waals surface area contributed by atoms with Crippen LogP contribution in [0.4, 0.5) is 5.69 Å². The third kappa shape index (κ3) is 3.09. The number of ether oxygens (including phenoxy) is 1. The molecule has 1 fully saturated rings. The van der Waals surface area contributed by atoms with Crippen LogP contribution in [0, 0.1) is 6.92 Å². The van der Waals surface area contributed by atoms with Gasteiger partial charge in [-0.25, -0.2) is 0 Å². The summed E-state index contributed by atoms with van der Waals surface area (Å²) < 4.78 is 10.6. The van der Waals surface area contributed by atoms with E-state index in [0.29, 0.717) is 19.0 Å². The van der Waals surface area contributed by atoms with E-state index in [1.54, 1.807) is 0 Å². The molecule has 2 N–H and O–H groups in total. The Morgan fingerprint density at radius 2 is 2.38 bits per heavy atom. The van der Waals surface area contributed by atoms with Crippen LogP contribution in [0.15, 0.2) is 29.0 Å². The highest BCUT2D eigenvalue weighted by atomic mass is 16.5. The molecule has 1 aromatic heterocycles. The van der Waals surface area contributed by atoms with Crippen molar-refractivity contribution in [1.29, 1.82) is 0 Å². The van der Waals surface area contributed by atoms with E-state index in [-0.39, 0.29) is 5.91 Å². The van der Waals surface area contributed by atoms with Crippen LogP contribution in [-0.2, 0) is 9.53 Å². The van der Waals surface area contributed by atoms with E-state index in [1.807, 2.05) is 25.1 Å². The van der Waals surface area contributed by atoms with E-state index < -0.39 is 6.10 Å². The van der Waals surface area contributed by atoms with Gasteiger partial charge in [-0.05, 0) is 30.7 Å². The maximum atomic E-state index is 12.1. The molecule has 21 heavy (non-hydrogen) atoms. The molecule has 7 heteroatoms. The zero-order valence-corrected chi connectivity index (χ0v) is 11.6. The number of benzene rings is 1. The van der Waals surface area contributed by atoms with Crippen LogP contribution in [0.2, 0.25) is 0 Å². The number of hydrogen-bond acceptors (Lipinski definition) is 6. The lowest BCUT2D eigenvalue weighted by molar-refractivity contribution is -0.128. The SMILES string of the molecule is Cc1cc(-c2nnco2)ccc1NC(=O)C1CNCCO1. The Labute approximate surface area is 121 Å². The van der Waals surface area contributed by atoms with Crippen molar-refractivity contribution in [2.45, 2.75) is 13.0 Å². The monoisotopic (exact) mass is 288 g/mol. The zero-order chi connectivity index (χ0) is 14.7. The Bertz CT molecular complexity index is 621. The number of nitrogens with zero attached hydrogens (tertiary/aromatic N) is 2. The molecule has 0 bridgehead atoms. The number of rotatable bonds is 3. The van der Waals surface area contributed by atoms with Gasteiger partial charge < -0.3 is 19.8 Å². The molecule has 3 rings (SSSR count). The molecule has 1 atom stereocenters. The summed E-state index contributed by atoms with van der Waals surface area (Å²) in [5.74, 6) is 0.312. The number of anilines is 1. The minimum atomic E-state index is -0.450. The summed E-state index contributed by atoms with van der Waals surface area (Å²) in [6, 6.07) is 5.54. The Morgan fingerprint density at radius 3 is 3.05 bits per heavy atom. The van der Waals surface area contributed by atoms with E-state index in [1.165, 1.54) is 6.39 Å². The van der Waals surface area contributed by atoms with Crippen molar-refractivity contribution >= 4 is 11.6 Å². The third-order valence-corrected chi connectivity index (χ3v) is 3.31. The molecular weight excluding hydrogens is 272 g/mol. The van der Waals surface area contributed by atoms with Gasteiger partial charge in [0.25, 0.3) is 5.91 Å². The summed E-state index contributed by atoms with van der Waals surface area (Å²) in [7, 11) is 0. The molecule has 2 aromatic rings. The number of nitrogens with one attached hydrogen (secondary N) is 2. The summed E-state index contributed by atoms with van der Waals surface area (Å²) in [6.07, 6.45) is 0.835. The normalized spacial score (nSPS) is 18.4. The summed E-state index contributed by atoms with van der Waals surface area (Å²) in [5, 5.41) is 13.5. The molecular formula is C14H16N4O3. The molecule has 1 aliphatic heterocycles. The molecule has 0 saturated carbocycles. The molecule has 1 amide bonds. The number of aromatic nitrogens is 2. The van der Waals surface area contributed by atoms with Gasteiger partial charge in [-0.3, -0.25) is 4.79 Å². The first-order valence-corrected chi connectivity index (χ1v) is 6.74. The van der Waals surface area contributed by atoms with Gasteiger partial charge in [-0.1, -0.05) is 0 Å². The molecule has 1 unspecified atom stereocenters. The first-order valence-electron chi connectivity index (χ1n) is 6.74. The number of morpholine rings is 1. The molecule has 0 radical (unpaired) electrons. The van der Waals surface area contributed by atoms with Crippen LogP contribution < -0.4 is 10.6 Å². The van der Waals surface area contributed by atoms with Crippen molar-refractivity contribution in [3.05, 3.63) is 30.2 Å². The lowest BCUT2D eigenvalue weighted by atomic mass is 10.1. The van der Waals surface area contributed by atoms with E-state index in [2.05, 4.69) is 20.8 Å². The van der Waals surface area contributed by atoms with Crippen molar-refractivity contribution in [2.24, 2.45) is 0 Å². The molecule has 1 aliphatic rings. The molecule has 1 aromatic carbocycles. The fourth-order valence-corrected chi connectivity index (χ4v) is 2.18. The van der Waals surface area contributed by atoms with Crippen LogP contribution in [0.3, 0.4) is 0 Å². The lowest BCUT2D eigenvalue weighted by Gasteiger charge is -2.23. The van der Waals surface area contributed by atoms with Gasteiger partial charge in [-0.2, -0.15) is 0 Å². The Balaban J connectivity index is 1.72. The quantitative estimate of drug-likeness (QED) is 0.875. The van der Waals surface area contributed by atoms with Crippen LogP contribution in [-0.4, -0.2) is 41.9 Å².